The van der Waals surface area contributed by atoms with Crippen molar-refractivity contribution in [1.29, 1.82) is 0 Å². The minimum atomic E-state index is 1.11. The van der Waals surface area contributed by atoms with Crippen LogP contribution in [0.4, 0.5) is 0 Å². The Morgan fingerprint density at radius 3 is 2.33 bits per heavy atom. The van der Waals surface area contributed by atoms with Crippen LogP contribution in [0.5, 0.6) is 0 Å². The molecule has 0 aliphatic heterocycles. The maximum Gasteiger partial charge on any atom is -0.0158 e. The zero-order valence-corrected chi connectivity index (χ0v) is 8.35. The van der Waals surface area contributed by atoms with Crippen LogP contribution in [0.1, 0.15) is 40.0 Å². The Balaban J connectivity index is 2.91. The summed E-state index contributed by atoms with van der Waals surface area (Å²) < 4.78 is 0. The molecule has 0 heteroatoms. The molecule has 1 rings (SSSR count). The highest BCUT2D eigenvalue weighted by Gasteiger charge is 2.02. The zero-order valence-electron chi connectivity index (χ0n) is 8.35. The Labute approximate surface area is 75.7 Å². The van der Waals surface area contributed by atoms with Crippen LogP contribution >= 0.6 is 0 Å². The number of allylic oxidation sites excluding steroid dienone is 6. The Kier molecular flexibility index (Phi) is 3.33. The van der Waals surface area contributed by atoms with Crippen molar-refractivity contribution in [2.24, 2.45) is 0 Å². The summed E-state index contributed by atoms with van der Waals surface area (Å²) in [7, 11) is 0. The van der Waals surface area contributed by atoms with E-state index < -0.39 is 0 Å². The van der Waals surface area contributed by atoms with Gasteiger partial charge in [-0.2, -0.15) is 0 Å². The van der Waals surface area contributed by atoms with Gasteiger partial charge in [0.25, 0.3) is 0 Å². The second kappa shape index (κ2) is 4.30. The molecule has 0 spiro atoms. The van der Waals surface area contributed by atoms with Gasteiger partial charge in [-0.3, -0.25) is 0 Å². The molecule has 0 N–H and O–H groups in total. The molecule has 0 fully saturated rings. The fourth-order valence-corrected chi connectivity index (χ4v) is 1.65. The molecule has 0 aromatic rings. The van der Waals surface area contributed by atoms with E-state index in [1.807, 2.05) is 0 Å². The number of hydrogen-bond donors (Lipinski definition) is 0. The first kappa shape index (κ1) is 9.31. The van der Waals surface area contributed by atoms with Crippen LogP contribution in [0, 0.1) is 0 Å². The smallest absolute Gasteiger partial charge is 0.0158 e. The lowest BCUT2D eigenvalue weighted by Crippen LogP contribution is -1.86. The fraction of sp³-hybridized carbons (Fsp3) is 0.500. The quantitative estimate of drug-likeness (QED) is 0.575. The van der Waals surface area contributed by atoms with E-state index in [0.717, 1.165) is 12.8 Å². The first-order chi connectivity index (χ1) is 5.77. The summed E-state index contributed by atoms with van der Waals surface area (Å²) in [6.45, 7) is 6.64. The third-order valence-corrected chi connectivity index (χ3v) is 2.38. The molecule has 0 nitrogen and oxygen atoms in total. The van der Waals surface area contributed by atoms with Gasteiger partial charge in [-0.1, -0.05) is 37.6 Å². The lowest BCUT2D eigenvalue weighted by Gasteiger charge is -2.06. The minimum Gasteiger partial charge on any atom is -0.0778 e. The fourth-order valence-electron chi connectivity index (χ4n) is 1.65. The summed E-state index contributed by atoms with van der Waals surface area (Å²) in [5.41, 5.74) is 4.46. The molecular weight excluding hydrogens is 144 g/mol. The van der Waals surface area contributed by atoms with Crippen LogP contribution in [-0.2, 0) is 0 Å². The zero-order chi connectivity index (χ0) is 8.97. The van der Waals surface area contributed by atoms with Crippen LogP contribution in [0.25, 0.3) is 0 Å². The van der Waals surface area contributed by atoms with Crippen molar-refractivity contribution in [2.75, 3.05) is 0 Å². The van der Waals surface area contributed by atoms with E-state index in [1.54, 1.807) is 0 Å². The van der Waals surface area contributed by atoms with Crippen molar-refractivity contribution < 1.29 is 0 Å². The molecule has 1 aliphatic carbocycles. The molecule has 0 aromatic carbocycles. The third-order valence-electron chi connectivity index (χ3n) is 2.38. The van der Waals surface area contributed by atoms with E-state index in [4.69, 9.17) is 0 Å². The van der Waals surface area contributed by atoms with Gasteiger partial charge in [-0.05, 0) is 37.3 Å². The molecule has 0 saturated carbocycles. The third kappa shape index (κ3) is 2.10. The van der Waals surface area contributed by atoms with E-state index in [9.17, 15) is 0 Å². The lowest BCUT2D eigenvalue weighted by atomic mass is 10.0. The van der Waals surface area contributed by atoms with Crippen LogP contribution < -0.4 is 0 Å². The van der Waals surface area contributed by atoms with E-state index >= 15 is 0 Å². The van der Waals surface area contributed by atoms with Gasteiger partial charge in [0, 0.05) is 0 Å². The maximum absolute atomic E-state index is 2.35. The van der Waals surface area contributed by atoms with Gasteiger partial charge in [0.2, 0.25) is 0 Å². The molecule has 0 unspecified atom stereocenters. The highest BCUT2D eigenvalue weighted by Crippen LogP contribution is 2.22. The van der Waals surface area contributed by atoms with E-state index in [0.29, 0.717) is 0 Å². The molecule has 0 aromatic heterocycles. The summed E-state index contributed by atoms with van der Waals surface area (Å²) >= 11 is 0. The summed E-state index contributed by atoms with van der Waals surface area (Å²) in [6.07, 6.45) is 10.4. The van der Waals surface area contributed by atoms with E-state index in [1.165, 1.54) is 23.1 Å². The number of hydrogen-bond acceptors (Lipinski definition) is 0. The summed E-state index contributed by atoms with van der Waals surface area (Å²) in [4.78, 5) is 0. The van der Waals surface area contributed by atoms with Crippen LogP contribution in [0.2, 0.25) is 0 Å². The Hall–Kier alpha value is -0.780. The van der Waals surface area contributed by atoms with Gasteiger partial charge in [-0.15, -0.1) is 0 Å². The average Bonchev–Trinajstić information content (AvgIpc) is 2.26. The molecule has 0 bridgehead atoms. The number of rotatable bonds is 2. The maximum atomic E-state index is 2.35. The molecule has 1 aliphatic rings. The summed E-state index contributed by atoms with van der Waals surface area (Å²) in [5, 5.41) is 0. The first-order valence-corrected chi connectivity index (χ1v) is 4.84. The first-order valence-electron chi connectivity index (χ1n) is 4.84. The van der Waals surface area contributed by atoms with Crippen LogP contribution in [0.15, 0.2) is 34.9 Å². The molecular formula is C12H18. The molecule has 0 atom stereocenters. The molecule has 0 heterocycles. The molecule has 12 heavy (non-hydrogen) atoms. The van der Waals surface area contributed by atoms with Gasteiger partial charge in [0.15, 0.2) is 0 Å². The Morgan fingerprint density at radius 1 is 1.08 bits per heavy atom. The van der Waals surface area contributed by atoms with Gasteiger partial charge in [0.1, 0.15) is 0 Å². The molecule has 66 valence electrons. The molecule has 0 saturated heterocycles. The van der Waals surface area contributed by atoms with Gasteiger partial charge in [0.05, 0.1) is 0 Å². The average molecular weight is 162 g/mol. The Bertz CT molecular complexity index is 239. The monoisotopic (exact) mass is 162 g/mol. The standard InChI is InChI=1S/C12H18/c1-4-11-8-6-7-10(3)9-12(11)5-2/h7-9H,4-6H2,1-3H3. The highest BCUT2D eigenvalue weighted by molar-refractivity contribution is 5.39. The van der Waals surface area contributed by atoms with Crippen molar-refractivity contribution in [3.63, 3.8) is 0 Å². The predicted octanol–water partition coefficient (Wildman–Crippen LogP) is 4.01. The van der Waals surface area contributed by atoms with Crippen LogP contribution in [0.3, 0.4) is 0 Å². The molecule has 0 radical (unpaired) electrons. The summed E-state index contributed by atoms with van der Waals surface area (Å²) in [6, 6.07) is 0. The van der Waals surface area contributed by atoms with E-state index in [2.05, 4.69) is 39.0 Å². The van der Waals surface area contributed by atoms with Crippen molar-refractivity contribution in [3.8, 4) is 0 Å². The van der Waals surface area contributed by atoms with Gasteiger partial charge in [-0.25, -0.2) is 0 Å². The predicted molar refractivity (Wildman–Crippen MR) is 55.1 cm³/mol. The minimum absolute atomic E-state index is 1.11. The van der Waals surface area contributed by atoms with Crippen molar-refractivity contribution in [2.45, 2.75) is 40.0 Å². The summed E-state index contributed by atoms with van der Waals surface area (Å²) in [5.74, 6) is 0. The SMILES string of the molecule is CCC1=CCC=C(C)C=C1CC. The highest BCUT2D eigenvalue weighted by atomic mass is 14.1. The van der Waals surface area contributed by atoms with Crippen LogP contribution in [-0.4, -0.2) is 0 Å². The normalized spacial score (nSPS) is 17.8. The van der Waals surface area contributed by atoms with Crippen molar-refractivity contribution >= 4 is 0 Å². The van der Waals surface area contributed by atoms with Crippen molar-refractivity contribution in [3.05, 3.63) is 34.9 Å². The molecule has 0 amide bonds. The van der Waals surface area contributed by atoms with Gasteiger partial charge < -0.3 is 0 Å². The second-order valence-electron chi connectivity index (χ2n) is 3.29. The van der Waals surface area contributed by atoms with E-state index in [-0.39, 0.29) is 0 Å². The van der Waals surface area contributed by atoms with Gasteiger partial charge >= 0.3 is 0 Å². The Morgan fingerprint density at radius 2 is 1.75 bits per heavy atom. The lowest BCUT2D eigenvalue weighted by molar-refractivity contribution is 1.02. The second-order valence-corrected chi connectivity index (χ2v) is 3.29. The topological polar surface area (TPSA) is 0 Å². The largest absolute Gasteiger partial charge is 0.0778 e. The van der Waals surface area contributed by atoms with Crippen molar-refractivity contribution in [1.82, 2.24) is 0 Å².